The molecule has 18 heavy (non-hydrogen) atoms. The molecular weight excluding hydrogens is 234 g/mol. The van der Waals surface area contributed by atoms with Crippen LogP contribution < -0.4 is 15.4 Å². The summed E-state index contributed by atoms with van der Waals surface area (Å²) in [5.41, 5.74) is 0.453. The average Bonchev–Trinajstić information content (AvgIpc) is 3.20. The fourth-order valence-corrected chi connectivity index (χ4v) is 1.56. The summed E-state index contributed by atoms with van der Waals surface area (Å²) < 4.78 is 5.61. The zero-order valence-corrected chi connectivity index (χ0v) is 10.3. The van der Waals surface area contributed by atoms with Crippen LogP contribution in [-0.4, -0.2) is 37.0 Å². The van der Waals surface area contributed by atoms with Gasteiger partial charge in [-0.25, -0.2) is 0 Å². The van der Waals surface area contributed by atoms with Gasteiger partial charge < -0.3 is 15.4 Å². The molecule has 0 aliphatic heterocycles. The summed E-state index contributed by atoms with van der Waals surface area (Å²) in [4.78, 5) is 27.5. The van der Waals surface area contributed by atoms with Gasteiger partial charge in [-0.3, -0.25) is 14.6 Å². The standard InChI is InChI=1S/C12H15N3O3/c1-13-11(16)8-5-15-6-9(18-7-3-4-7)10(8)12(17)14-2/h5-7H,3-4H2,1-2H3,(H,13,16)(H,14,17). The predicted octanol–water partition coefficient (Wildman–Crippen LogP) is 0.342. The van der Waals surface area contributed by atoms with E-state index >= 15 is 0 Å². The van der Waals surface area contributed by atoms with E-state index < -0.39 is 0 Å². The first-order chi connectivity index (χ1) is 8.67. The minimum atomic E-state index is -0.359. The molecule has 1 saturated carbocycles. The molecule has 96 valence electrons. The SMILES string of the molecule is CNC(=O)c1cncc(OC2CC2)c1C(=O)NC. The minimum Gasteiger partial charge on any atom is -0.488 e. The van der Waals surface area contributed by atoms with Crippen LogP contribution in [0.25, 0.3) is 0 Å². The van der Waals surface area contributed by atoms with Crippen LogP contribution in [0, 0.1) is 0 Å². The number of nitrogens with one attached hydrogen (secondary N) is 2. The highest BCUT2D eigenvalue weighted by atomic mass is 16.5. The second kappa shape index (κ2) is 5.03. The molecule has 1 aliphatic rings. The van der Waals surface area contributed by atoms with Crippen molar-refractivity contribution in [3.63, 3.8) is 0 Å². The molecule has 6 heteroatoms. The van der Waals surface area contributed by atoms with Gasteiger partial charge >= 0.3 is 0 Å². The van der Waals surface area contributed by atoms with Gasteiger partial charge in [0.2, 0.25) is 0 Å². The van der Waals surface area contributed by atoms with Crippen LogP contribution >= 0.6 is 0 Å². The van der Waals surface area contributed by atoms with Crippen molar-refractivity contribution in [3.05, 3.63) is 23.5 Å². The lowest BCUT2D eigenvalue weighted by Gasteiger charge is -2.12. The van der Waals surface area contributed by atoms with Gasteiger partial charge in [-0.1, -0.05) is 0 Å². The summed E-state index contributed by atoms with van der Waals surface area (Å²) in [6.07, 6.45) is 4.91. The molecule has 0 spiro atoms. The second-order valence-corrected chi connectivity index (χ2v) is 4.04. The van der Waals surface area contributed by atoms with Crippen LogP contribution in [0.5, 0.6) is 5.75 Å². The molecule has 2 amide bonds. The number of hydrogen-bond acceptors (Lipinski definition) is 4. The third-order valence-corrected chi connectivity index (χ3v) is 2.65. The molecule has 1 aromatic rings. The Morgan fingerprint density at radius 3 is 2.44 bits per heavy atom. The molecule has 1 fully saturated rings. The highest BCUT2D eigenvalue weighted by Gasteiger charge is 2.28. The molecule has 0 unspecified atom stereocenters. The van der Waals surface area contributed by atoms with Crippen LogP contribution in [-0.2, 0) is 0 Å². The number of carbonyl (C=O) groups is 2. The Morgan fingerprint density at radius 2 is 1.89 bits per heavy atom. The maximum absolute atomic E-state index is 11.9. The second-order valence-electron chi connectivity index (χ2n) is 4.04. The molecule has 1 aliphatic carbocycles. The summed E-state index contributed by atoms with van der Waals surface area (Å²) in [5, 5.41) is 4.99. The smallest absolute Gasteiger partial charge is 0.255 e. The van der Waals surface area contributed by atoms with Gasteiger partial charge in [0.25, 0.3) is 11.8 Å². The zero-order valence-electron chi connectivity index (χ0n) is 10.3. The van der Waals surface area contributed by atoms with E-state index in [-0.39, 0.29) is 29.0 Å². The monoisotopic (exact) mass is 249 g/mol. The van der Waals surface area contributed by atoms with E-state index in [1.54, 1.807) is 0 Å². The fourth-order valence-electron chi connectivity index (χ4n) is 1.56. The number of carbonyl (C=O) groups excluding carboxylic acids is 2. The van der Waals surface area contributed by atoms with Crippen molar-refractivity contribution < 1.29 is 14.3 Å². The number of pyridine rings is 1. The topological polar surface area (TPSA) is 80.3 Å². The van der Waals surface area contributed by atoms with Crippen LogP contribution in [0.1, 0.15) is 33.6 Å². The number of rotatable bonds is 4. The Morgan fingerprint density at radius 1 is 1.22 bits per heavy atom. The first-order valence-electron chi connectivity index (χ1n) is 5.76. The Hall–Kier alpha value is -2.11. The molecule has 2 N–H and O–H groups in total. The first kappa shape index (κ1) is 12.3. The maximum Gasteiger partial charge on any atom is 0.255 e. The lowest BCUT2D eigenvalue weighted by Crippen LogP contribution is -2.26. The van der Waals surface area contributed by atoms with E-state index in [0.717, 1.165) is 12.8 Å². The predicted molar refractivity (Wildman–Crippen MR) is 64.7 cm³/mol. The summed E-state index contributed by atoms with van der Waals surface area (Å²) in [5.74, 6) is -0.355. The van der Waals surface area contributed by atoms with E-state index in [0.29, 0.717) is 5.75 Å². The summed E-state index contributed by atoms with van der Waals surface area (Å²) >= 11 is 0. The number of nitrogens with zero attached hydrogens (tertiary/aromatic N) is 1. The summed E-state index contributed by atoms with van der Waals surface area (Å²) in [6, 6.07) is 0. The van der Waals surface area contributed by atoms with E-state index in [9.17, 15) is 9.59 Å². The van der Waals surface area contributed by atoms with Gasteiger partial charge in [0.05, 0.1) is 23.4 Å². The van der Waals surface area contributed by atoms with Crippen molar-refractivity contribution >= 4 is 11.8 Å². The lowest BCUT2D eigenvalue weighted by atomic mass is 10.1. The first-order valence-corrected chi connectivity index (χ1v) is 5.76. The zero-order chi connectivity index (χ0) is 13.1. The highest BCUT2D eigenvalue weighted by Crippen LogP contribution is 2.30. The molecule has 1 aromatic heterocycles. The van der Waals surface area contributed by atoms with Gasteiger partial charge in [-0.15, -0.1) is 0 Å². The van der Waals surface area contributed by atoms with Crippen molar-refractivity contribution in [2.45, 2.75) is 18.9 Å². The van der Waals surface area contributed by atoms with Crippen LogP contribution in [0.4, 0.5) is 0 Å². The molecule has 0 aromatic carbocycles. The van der Waals surface area contributed by atoms with E-state index in [4.69, 9.17) is 4.74 Å². The number of aromatic nitrogens is 1. The minimum absolute atomic E-state index is 0.134. The summed E-state index contributed by atoms with van der Waals surface area (Å²) in [7, 11) is 3.02. The van der Waals surface area contributed by atoms with Gasteiger partial charge in [0.15, 0.2) is 5.75 Å². The van der Waals surface area contributed by atoms with E-state index in [1.165, 1.54) is 26.5 Å². The van der Waals surface area contributed by atoms with Crippen molar-refractivity contribution in [2.24, 2.45) is 0 Å². The van der Waals surface area contributed by atoms with Crippen LogP contribution in [0.2, 0.25) is 0 Å². The molecular formula is C12H15N3O3. The van der Waals surface area contributed by atoms with Crippen molar-refractivity contribution in [2.75, 3.05) is 14.1 Å². The fraction of sp³-hybridized carbons (Fsp3) is 0.417. The molecule has 0 saturated heterocycles. The number of hydrogen-bond donors (Lipinski definition) is 2. The highest BCUT2D eigenvalue weighted by molar-refractivity contribution is 6.08. The largest absolute Gasteiger partial charge is 0.488 e. The molecule has 2 rings (SSSR count). The molecule has 0 radical (unpaired) electrons. The molecule has 1 heterocycles. The molecule has 0 atom stereocenters. The third-order valence-electron chi connectivity index (χ3n) is 2.65. The number of amides is 2. The molecule has 0 bridgehead atoms. The molecule has 6 nitrogen and oxygen atoms in total. The maximum atomic E-state index is 11.9. The Balaban J connectivity index is 2.44. The summed E-state index contributed by atoms with van der Waals surface area (Å²) in [6.45, 7) is 0. The normalized spacial score (nSPS) is 13.9. The van der Waals surface area contributed by atoms with Gasteiger partial charge in [-0.05, 0) is 12.8 Å². The van der Waals surface area contributed by atoms with Gasteiger partial charge in [-0.2, -0.15) is 0 Å². The number of ether oxygens (including phenoxy) is 1. The lowest BCUT2D eigenvalue weighted by molar-refractivity contribution is 0.0924. The van der Waals surface area contributed by atoms with E-state index in [1.807, 2.05) is 0 Å². The Bertz CT molecular complexity index is 483. The Kier molecular flexibility index (Phi) is 3.45. The van der Waals surface area contributed by atoms with Crippen LogP contribution in [0.15, 0.2) is 12.4 Å². The van der Waals surface area contributed by atoms with Crippen molar-refractivity contribution in [1.82, 2.24) is 15.6 Å². The van der Waals surface area contributed by atoms with Gasteiger partial charge in [0, 0.05) is 20.3 Å². The van der Waals surface area contributed by atoms with Crippen molar-refractivity contribution in [1.29, 1.82) is 0 Å². The van der Waals surface area contributed by atoms with Gasteiger partial charge in [0.1, 0.15) is 0 Å². The quantitative estimate of drug-likeness (QED) is 0.806. The third kappa shape index (κ3) is 2.42. The van der Waals surface area contributed by atoms with Crippen LogP contribution in [0.3, 0.4) is 0 Å². The average molecular weight is 249 g/mol. The Labute approximate surface area is 105 Å². The van der Waals surface area contributed by atoms with Crippen molar-refractivity contribution in [3.8, 4) is 5.75 Å². The van der Waals surface area contributed by atoms with E-state index in [2.05, 4.69) is 15.6 Å².